The van der Waals surface area contributed by atoms with Gasteiger partial charge in [0.15, 0.2) is 5.69 Å². The van der Waals surface area contributed by atoms with E-state index >= 15 is 0 Å². The summed E-state index contributed by atoms with van der Waals surface area (Å²) >= 11 is 0. The van der Waals surface area contributed by atoms with Crippen LogP contribution in [0.5, 0.6) is 0 Å². The van der Waals surface area contributed by atoms with E-state index in [4.69, 9.17) is 14.2 Å². The van der Waals surface area contributed by atoms with E-state index in [-0.39, 0.29) is 30.8 Å². The number of benzene rings is 1. The van der Waals surface area contributed by atoms with E-state index in [2.05, 4.69) is 24.2 Å². The number of methoxy groups -OCH3 is 1. The molecular formula is C34H52N6O6. The van der Waals surface area contributed by atoms with Crippen molar-refractivity contribution < 1.29 is 28.6 Å². The summed E-state index contributed by atoms with van der Waals surface area (Å²) in [5, 5.41) is 8.92. The van der Waals surface area contributed by atoms with Crippen molar-refractivity contribution in [3.05, 3.63) is 41.2 Å². The highest BCUT2D eigenvalue weighted by Crippen LogP contribution is 2.28. The number of ether oxygens (including phenoxy) is 3. The molecule has 0 radical (unpaired) electrons. The standard InChI is InChI=1S/C34H52N6O6/c1-24(2)21-39(32(42)30-29(10-8-9-17-44-7)40(36-35-30)27-13-11-25(3)12-14-27)28-20-26(31(41)37-15-18-45-19-16-37)22-38(23-28)33(43)46-34(4,5)6/h11-14,24,26,28H,8-10,15-23H2,1-7H3/t26-,28+/m1/s1. The Labute approximate surface area is 273 Å². The lowest BCUT2D eigenvalue weighted by Gasteiger charge is -2.44. The third-order valence-corrected chi connectivity index (χ3v) is 8.27. The molecule has 0 N–H and O–H groups in total. The molecule has 2 saturated heterocycles. The minimum atomic E-state index is -0.701. The lowest BCUT2D eigenvalue weighted by atomic mass is 9.91. The fraction of sp³-hybridized carbons (Fsp3) is 0.676. The fourth-order valence-electron chi connectivity index (χ4n) is 6.05. The summed E-state index contributed by atoms with van der Waals surface area (Å²) in [4.78, 5) is 47.0. The first-order chi connectivity index (χ1) is 21.9. The van der Waals surface area contributed by atoms with E-state index in [0.29, 0.717) is 58.0 Å². The average Bonchev–Trinajstić information content (AvgIpc) is 3.44. The number of rotatable bonds is 11. The summed E-state index contributed by atoms with van der Waals surface area (Å²) in [5.74, 6) is -0.625. The first-order valence-electron chi connectivity index (χ1n) is 16.5. The van der Waals surface area contributed by atoms with Gasteiger partial charge in [0, 0.05) is 46.4 Å². The van der Waals surface area contributed by atoms with Gasteiger partial charge in [-0.25, -0.2) is 9.48 Å². The van der Waals surface area contributed by atoms with Crippen LogP contribution in [0.25, 0.3) is 5.69 Å². The van der Waals surface area contributed by atoms with Crippen molar-refractivity contribution in [2.45, 2.75) is 78.9 Å². The van der Waals surface area contributed by atoms with Gasteiger partial charge in [0.1, 0.15) is 5.60 Å². The molecule has 0 aliphatic carbocycles. The van der Waals surface area contributed by atoms with Crippen LogP contribution >= 0.6 is 0 Å². The molecule has 12 nitrogen and oxygen atoms in total. The third kappa shape index (κ3) is 9.28. The van der Waals surface area contributed by atoms with Crippen molar-refractivity contribution >= 4 is 17.9 Å². The normalized spacial score (nSPS) is 19.0. The lowest BCUT2D eigenvalue weighted by Crippen LogP contribution is -2.58. The van der Waals surface area contributed by atoms with Crippen LogP contribution in [0.2, 0.25) is 0 Å². The van der Waals surface area contributed by atoms with Crippen LogP contribution in [0.3, 0.4) is 0 Å². The Kier molecular flexibility index (Phi) is 12.2. The number of morpholine rings is 1. The number of aromatic nitrogens is 3. The predicted octanol–water partition coefficient (Wildman–Crippen LogP) is 4.13. The molecule has 12 heteroatoms. The number of unbranched alkanes of at least 4 members (excludes halogenated alkanes) is 1. The number of aryl methyl sites for hydroxylation is 1. The molecule has 3 amide bonds. The van der Waals surface area contributed by atoms with Crippen LogP contribution in [0, 0.1) is 18.8 Å². The van der Waals surface area contributed by atoms with Crippen molar-refractivity contribution in [1.29, 1.82) is 0 Å². The molecule has 0 unspecified atom stereocenters. The van der Waals surface area contributed by atoms with Crippen molar-refractivity contribution in [2.24, 2.45) is 11.8 Å². The van der Waals surface area contributed by atoms with Gasteiger partial charge in [-0.05, 0) is 71.4 Å². The molecular weight excluding hydrogens is 588 g/mol. The van der Waals surface area contributed by atoms with Crippen LogP contribution in [-0.4, -0.2) is 119 Å². The molecule has 1 aromatic heterocycles. The molecule has 254 valence electrons. The number of amides is 3. The maximum absolute atomic E-state index is 14.6. The minimum Gasteiger partial charge on any atom is -0.444 e. The summed E-state index contributed by atoms with van der Waals surface area (Å²) in [6.45, 7) is 15.1. The van der Waals surface area contributed by atoms with Crippen LogP contribution in [-0.2, 0) is 25.4 Å². The maximum atomic E-state index is 14.6. The summed E-state index contributed by atoms with van der Waals surface area (Å²) in [6.07, 6.45) is 2.16. The first-order valence-corrected chi connectivity index (χ1v) is 16.5. The minimum absolute atomic E-state index is 0.0253. The Morgan fingerprint density at radius 1 is 1.04 bits per heavy atom. The molecule has 2 atom stereocenters. The van der Waals surface area contributed by atoms with Gasteiger partial charge >= 0.3 is 6.09 Å². The second kappa shape index (κ2) is 15.9. The maximum Gasteiger partial charge on any atom is 0.410 e. The Balaban J connectivity index is 1.69. The van der Waals surface area contributed by atoms with E-state index in [0.717, 1.165) is 29.8 Å². The Morgan fingerprint density at radius 3 is 2.37 bits per heavy atom. The Morgan fingerprint density at radius 2 is 1.74 bits per heavy atom. The van der Waals surface area contributed by atoms with Crippen molar-refractivity contribution in [1.82, 2.24) is 29.7 Å². The second-order valence-electron chi connectivity index (χ2n) is 13.8. The van der Waals surface area contributed by atoms with E-state index in [1.54, 1.807) is 16.7 Å². The first kappa shape index (κ1) is 35.3. The van der Waals surface area contributed by atoms with Gasteiger partial charge in [-0.3, -0.25) is 9.59 Å². The highest BCUT2D eigenvalue weighted by Gasteiger charge is 2.42. The topological polar surface area (TPSA) is 119 Å². The number of carbonyl (C=O) groups excluding carboxylic acids is 3. The molecule has 0 saturated carbocycles. The summed E-state index contributed by atoms with van der Waals surface area (Å²) < 4.78 is 18.2. The second-order valence-corrected chi connectivity index (χ2v) is 13.8. The van der Waals surface area contributed by atoms with Gasteiger partial charge in [-0.1, -0.05) is 36.8 Å². The molecule has 2 fully saturated rings. The molecule has 4 rings (SSSR count). The zero-order chi connectivity index (χ0) is 33.4. The third-order valence-electron chi connectivity index (χ3n) is 8.27. The molecule has 1 aromatic carbocycles. The van der Waals surface area contributed by atoms with Crippen molar-refractivity contribution in [3.8, 4) is 5.69 Å². The van der Waals surface area contributed by atoms with Crippen molar-refractivity contribution in [3.63, 3.8) is 0 Å². The Bertz CT molecular complexity index is 1310. The SMILES string of the molecule is COCCCCc1c(C(=O)N(CC(C)C)[C@H]2C[C@@H](C(=O)N3CCOCC3)CN(C(=O)OC(C)(C)C)C2)nnn1-c1ccc(C)cc1. The molecule has 2 aliphatic heterocycles. The van der Waals surface area contributed by atoms with E-state index < -0.39 is 23.7 Å². The fourth-order valence-corrected chi connectivity index (χ4v) is 6.05. The zero-order valence-corrected chi connectivity index (χ0v) is 28.7. The van der Waals surface area contributed by atoms with Gasteiger partial charge < -0.3 is 28.9 Å². The molecule has 3 heterocycles. The van der Waals surface area contributed by atoms with Crippen LogP contribution in [0.4, 0.5) is 4.79 Å². The smallest absolute Gasteiger partial charge is 0.410 e. The highest BCUT2D eigenvalue weighted by atomic mass is 16.6. The van der Waals surface area contributed by atoms with Crippen molar-refractivity contribution in [2.75, 3.05) is 59.7 Å². The average molecular weight is 641 g/mol. The van der Waals surface area contributed by atoms with Crippen LogP contribution < -0.4 is 0 Å². The Hall–Kier alpha value is -3.51. The number of carbonyl (C=O) groups is 3. The number of nitrogens with zero attached hydrogens (tertiary/aromatic N) is 6. The van der Waals surface area contributed by atoms with E-state index in [1.165, 1.54) is 0 Å². The summed E-state index contributed by atoms with van der Waals surface area (Å²) in [6, 6.07) is 7.56. The van der Waals surface area contributed by atoms with Gasteiger partial charge in [0.05, 0.1) is 36.6 Å². The lowest BCUT2D eigenvalue weighted by molar-refractivity contribution is -0.142. The quantitative estimate of drug-likeness (QED) is 0.337. The van der Waals surface area contributed by atoms with Gasteiger partial charge in [-0.2, -0.15) is 0 Å². The molecule has 46 heavy (non-hydrogen) atoms. The van der Waals surface area contributed by atoms with E-state index in [1.807, 2.05) is 61.8 Å². The highest BCUT2D eigenvalue weighted by molar-refractivity contribution is 5.94. The summed E-state index contributed by atoms with van der Waals surface area (Å²) in [7, 11) is 1.68. The molecule has 2 aromatic rings. The van der Waals surface area contributed by atoms with Gasteiger partial charge in [-0.15, -0.1) is 5.10 Å². The number of hydrogen-bond donors (Lipinski definition) is 0. The van der Waals surface area contributed by atoms with Gasteiger partial charge in [0.25, 0.3) is 5.91 Å². The zero-order valence-electron chi connectivity index (χ0n) is 28.7. The molecule has 0 bridgehead atoms. The number of hydrogen-bond acceptors (Lipinski definition) is 8. The largest absolute Gasteiger partial charge is 0.444 e. The number of likely N-dealkylation sites (tertiary alicyclic amines) is 1. The van der Waals surface area contributed by atoms with Crippen LogP contribution in [0.15, 0.2) is 24.3 Å². The van der Waals surface area contributed by atoms with Gasteiger partial charge in [0.2, 0.25) is 5.91 Å². The summed E-state index contributed by atoms with van der Waals surface area (Å²) in [5.41, 5.74) is 2.29. The van der Waals surface area contributed by atoms with E-state index in [9.17, 15) is 14.4 Å². The predicted molar refractivity (Wildman–Crippen MR) is 174 cm³/mol. The monoisotopic (exact) mass is 640 g/mol. The molecule has 2 aliphatic rings. The molecule has 0 spiro atoms. The number of piperidine rings is 1. The van der Waals surface area contributed by atoms with Crippen LogP contribution in [0.1, 0.15) is 75.6 Å².